The molecule has 0 aliphatic rings. The Morgan fingerprint density at radius 3 is 2.36 bits per heavy atom. The molecule has 130 valence electrons. The standard InChI is InChI=1S/C17H18N4O.CH2O2/c1-12-16(14-7-9-19-10-8-14)21(20-17(12)18)11-13-3-5-15(22-2)6-4-13;2-1-3/h3-10H,11H2,1-2H3,(H2,18,20);1H,(H,2,3). The normalized spacial score (nSPS) is 9.84. The number of nitrogen functional groups attached to an aromatic ring is 1. The number of benzene rings is 1. The molecule has 0 amide bonds. The monoisotopic (exact) mass is 340 g/mol. The Morgan fingerprint density at radius 2 is 1.80 bits per heavy atom. The highest BCUT2D eigenvalue weighted by atomic mass is 16.5. The van der Waals surface area contributed by atoms with Crippen molar-refractivity contribution >= 4 is 12.3 Å². The highest BCUT2D eigenvalue weighted by molar-refractivity contribution is 5.68. The number of methoxy groups -OCH3 is 1. The Kier molecular flexibility index (Phi) is 6.11. The molecule has 0 radical (unpaired) electrons. The Labute approximate surface area is 145 Å². The number of nitrogens with two attached hydrogens (primary N) is 1. The molecule has 0 bridgehead atoms. The van der Waals surface area contributed by atoms with Crippen molar-refractivity contribution in [3.8, 4) is 17.0 Å². The Balaban J connectivity index is 0.000000701. The second kappa shape index (κ2) is 8.49. The van der Waals surface area contributed by atoms with Crippen molar-refractivity contribution in [2.24, 2.45) is 0 Å². The van der Waals surface area contributed by atoms with E-state index in [9.17, 15) is 0 Å². The lowest BCUT2D eigenvalue weighted by atomic mass is 10.1. The molecule has 2 aromatic heterocycles. The van der Waals surface area contributed by atoms with E-state index in [0.717, 1.165) is 28.1 Å². The molecule has 0 saturated carbocycles. The Hall–Kier alpha value is -3.35. The Morgan fingerprint density at radius 1 is 1.20 bits per heavy atom. The molecule has 0 spiro atoms. The first-order valence-electron chi connectivity index (χ1n) is 7.54. The zero-order chi connectivity index (χ0) is 18.2. The molecular formula is C18H20N4O3. The minimum atomic E-state index is -0.250. The van der Waals surface area contributed by atoms with Gasteiger partial charge in [-0.25, -0.2) is 0 Å². The first-order chi connectivity index (χ1) is 12.1. The van der Waals surface area contributed by atoms with Gasteiger partial charge in [0.05, 0.1) is 19.3 Å². The van der Waals surface area contributed by atoms with Crippen molar-refractivity contribution in [2.75, 3.05) is 12.8 Å². The summed E-state index contributed by atoms with van der Waals surface area (Å²) < 4.78 is 7.12. The molecule has 1 aromatic carbocycles. The van der Waals surface area contributed by atoms with Gasteiger partial charge in [0.2, 0.25) is 0 Å². The van der Waals surface area contributed by atoms with Gasteiger partial charge >= 0.3 is 0 Å². The molecule has 2 heterocycles. The molecule has 3 N–H and O–H groups in total. The molecule has 7 nitrogen and oxygen atoms in total. The SMILES string of the molecule is COc1ccc(Cn2nc(N)c(C)c2-c2ccncc2)cc1.O=CO. The van der Waals surface area contributed by atoms with E-state index in [2.05, 4.69) is 10.1 Å². The van der Waals surface area contributed by atoms with E-state index in [1.54, 1.807) is 19.5 Å². The number of carboxylic acid groups (broad SMARTS) is 1. The van der Waals surface area contributed by atoms with Crippen LogP contribution in [0.4, 0.5) is 5.82 Å². The summed E-state index contributed by atoms with van der Waals surface area (Å²) in [6.07, 6.45) is 3.55. The fourth-order valence-electron chi connectivity index (χ4n) is 2.46. The summed E-state index contributed by atoms with van der Waals surface area (Å²) in [6.45, 7) is 2.39. The van der Waals surface area contributed by atoms with E-state index >= 15 is 0 Å². The minimum Gasteiger partial charge on any atom is -0.497 e. The zero-order valence-electron chi connectivity index (χ0n) is 14.1. The first-order valence-corrected chi connectivity index (χ1v) is 7.54. The van der Waals surface area contributed by atoms with Crippen molar-refractivity contribution in [1.29, 1.82) is 0 Å². The second-order valence-electron chi connectivity index (χ2n) is 5.21. The molecule has 3 rings (SSSR count). The average molecular weight is 340 g/mol. The van der Waals surface area contributed by atoms with Crippen LogP contribution < -0.4 is 10.5 Å². The van der Waals surface area contributed by atoms with Crippen LogP contribution in [0, 0.1) is 6.92 Å². The van der Waals surface area contributed by atoms with Gasteiger partial charge in [-0.3, -0.25) is 14.5 Å². The summed E-state index contributed by atoms with van der Waals surface area (Å²) in [7, 11) is 1.66. The van der Waals surface area contributed by atoms with Crippen LogP contribution in [0.3, 0.4) is 0 Å². The number of ether oxygens (including phenoxy) is 1. The number of aromatic nitrogens is 3. The molecule has 7 heteroatoms. The number of carbonyl (C=O) groups is 1. The fourth-order valence-corrected chi connectivity index (χ4v) is 2.46. The van der Waals surface area contributed by atoms with Gasteiger partial charge < -0.3 is 15.6 Å². The van der Waals surface area contributed by atoms with Gasteiger partial charge in [0.1, 0.15) is 11.6 Å². The first kappa shape index (κ1) is 18.0. The van der Waals surface area contributed by atoms with Gasteiger partial charge in [0.25, 0.3) is 6.47 Å². The molecule has 0 atom stereocenters. The maximum atomic E-state index is 8.36. The molecule has 0 aliphatic heterocycles. The van der Waals surface area contributed by atoms with E-state index in [-0.39, 0.29) is 6.47 Å². The van der Waals surface area contributed by atoms with Gasteiger partial charge in [0.15, 0.2) is 0 Å². The topological polar surface area (TPSA) is 103 Å². The number of pyridine rings is 1. The van der Waals surface area contributed by atoms with Gasteiger partial charge in [-0.1, -0.05) is 12.1 Å². The van der Waals surface area contributed by atoms with Crippen molar-refractivity contribution in [2.45, 2.75) is 13.5 Å². The number of rotatable bonds is 4. The third-order valence-electron chi connectivity index (χ3n) is 3.67. The maximum Gasteiger partial charge on any atom is 0.290 e. The largest absolute Gasteiger partial charge is 0.497 e. The number of hydrogen-bond donors (Lipinski definition) is 2. The highest BCUT2D eigenvalue weighted by Gasteiger charge is 2.14. The van der Waals surface area contributed by atoms with Crippen molar-refractivity contribution < 1.29 is 14.6 Å². The molecule has 0 unspecified atom stereocenters. The second-order valence-corrected chi connectivity index (χ2v) is 5.21. The molecule has 0 aliphatic carbocycles. The van der Waals surface area contributed by atoms with E-state index in [1.807, 2.05) is 48.0 Å². The lowest BCUT2D eigenvalue weighted by Crippen LogP contribution is -2.04. The zero-order valence-corrected chi connectivity index (χ0v) is 14.1. The quantitative estimate of drug-likeness (QED) is 0.708. The third kappa shape index (κ3) is 4.35. The molecule has 0 fully saturated rings. The summed E-state index contributed by atoms with van der Waals surface area (Å²) in [5.74, 6) is 1.40. The smallest absolute Gasteiger partial charge is 0.290 e. The highest BCUT2D eigenvalue weighted by Crippen LogP contribution is 2.27. The number of nitrogens with zero attached hydrogens (tertiary/aromatic N) is 3. The summed E-state index contributed by atoms with van der Waals surface area (Å²) in [6, 6.07) is 11.9. The predicted molar refractivity (Wildman–Crippen MR) is 95.4 cm³/mol. The number of anilines is 1. The summed E-state index contributed by atoms with van der Waals surface area (Å²) in [5, 5.41) is 11.4. The van der Waals surface area contributed by atoms with Gasteiger partial charge in [-0.15, -0.1) is 0 Å². The van der Waals surface area contributed by atoms with Crippen LogP contribution >= 0.6 is 0 Å². The number of hydrogen-bond acceptors (Lipinski definition) is 5. The van der Waals surface area contributed by atoms with E-state index in [4.69, 9.17) is 20.4 Å². The maximum absolute atomic E-state index is 8.36. The van der Waals surface area contributed by atoms with Gasteiger partial charge in [0, 0.05) is 23.5 Å². The van der Waals surface area contributed by atoms with Crippen LogP contribution in [-0.2, 0) is 11.3 Å². The van der Waals surface area contributed by atoms with Crippen LogP contribution in [0.5, 0.6) is 5.75 Å². The predicted octanol–water partition coefficient (Wildman–Crippen LogP) is 2.59. The molecule has 25 heavy (non-hydrogen) atoms. The summed E-state index contributed by atoms with van der Waals surface area (Å²) >= 11 is 0. The van der Waals surface area contributed by atoms with Crippen LogP contribution in [0.15, 0.2) is 48.8 Å². The fraction of sp³-hybridized carbons (Fsp3) is 0.167. The lowest BCUT2D eigenvalue weighted by Gasteiger charge is -2.09. The van der Waals surface area contributed by atoms with Crippen molar-refractivity contribution in [3.63, 3.8) is 0 Å². The van der Waals surface area contributed by atoms with Gasteiger partial charge in [-0.05, 0) is 36.8 Å². The van der Waals surface area contributed by atoms with Crippen LogP contribution in [-0.4, -0.2) is 33.5 Å². The van der Waals surface area contributed by atoms with Crippen LogP contribution in [0.1, 0.15) is 11.1 Å². The van der Waals surface area contributed by atoms with Gasteiger partial charge in [-0.2, -0.15) is 5.10 Å². The van der Waals surface area contributed by atoms with Crippen LogP contribution in [0.25, 0.3) is 11.3 Å². The molecular weight excluding hydrogens is 320 g/mol. The molecule has 3 aromatic rings. The van der Waals surface area contributed by atoms with E-state index in [1.165, 1.54) is 0 Å². The summed E-state index contributed by atoms with van der Waals surface area (Å²) in [5.41, 5.74) is 10.2. The lowest BCUT2D eigenvalue weighted by molar-refractivity contribution is -0.122. The van der Waals surface area contributed by atoms with E-state index < -0.39 is 0 Å². The van der Waals surface area contributed by atoms with Crippen molar-refractivity contribution in [1.82, 2.24) is 14.8 Å². The molecule has 0 saturated heterocycles. The van der Waals surface area contributed by atoms with Crippen molar-refractivity contribution in [3.05, 3.63) is 59.9 Å². The minimum absolute atomic E-state index is 0.250. The summed E-state index contributed by atoms with van der Waals surface area (Å²) in [4.78, 5) is 12.4. The van der Waals surface area contributed by atoms with E-state index in [0.29, 0.717) is 12.4 Å². The van der Waals surface area contributed by atoms with Crippen LogP contribution in [0.2, 0.25) is 0 Å². The third-order valence-corrected chi connectivity index (χ3v) is 3.67. The Bertz CT molecular complexity index is 814. The average Bonchev–Trinajstić information content (AvgIpc) is 2.91.